The molecule has 0 aliphatic rings. The zero-order valence-electron chi connectivity index (χ0n) is 12.2. The lowest BCUT2D eigenvalue weighted by atomic mass is 10.3. The van der Waals surface area contributed by atoms with Gasteiger partial charge < -0.3 is 14.7 Å². The van der Waals surface area contributed by atoms with Crippen molar-refractivity contribution in [2.24, 2.45) is 0 Å². The van der Waals surface area contributed by atoms with Crippen LogP contribution in [0.4, 0.5) is 0 Å². The van der Waals surface area contributed by atoms with Gasteiger partial charge in [0.15, 0.2) is 11.5 Å². The molecule has 116 valence electrons. The number of allylic oxidation sites excluding steroid dienone is 1. The van der Waals surface area contributed by atoms with E-state index in [4.69, 9.17) is 4.52 Å². The first-order chi connectivity index (χ1) is 10.6. The summed E-state index contributed by atoms with van der Waals surface area (Å²) in [6.45, 7) is 3.65. The van der Waals surface area contributed by atoms with Crippen LogP contribution in [0.1, 0.15) is 12.8 Å². The lowest BCUT2D eigenvalue weighted by molar-refractivity contribution is 0.428. The SMILES string of the molecule is C=CCCCP(=O)(Oc1ccccc1O)c1ccccc1O. The molecule has 22 heavy (non-hydrogen) atoms. The summed E-state index contributed by atoms with van der Waals surface area (Å²) in [7, 11) is -3.35. The molecule has 2 rings (SSSR count). The van der Waals surface area contributed by atoms with E-state index < -0.39 is 7.37 Å². The van der Waals surface area contributed by atoms with E-state index in [1.165, 1.54) is 12.1 Å². The van der Waals surface area contributed by atoms with E-state index in [-0.39, 0.29) is 28.7 Å². The van der Waals surface area contributed by atoms with Gasteiger partial charge in [-0.05, 0) is 37.1 Å². The number of hydrogen-bond acceptors (Lipinski definition) is 4. The molecule has 0 aliphatic heterocycles. The van der Waals surface area contributed by atoms with Gasteiger partial charge in [-0.2, -0.15) is 0 Å². The molecule has 2 N–H and O–H groups in total. The van der Waals surface area contributed by atoms with Crippen molar-refractivity contribution in [2.45, 2.75) is 12.8 Å². The van der Waals surface area contributed by atoms with E-state index in [1.807, 2.05) is 0 Å². The second kappa shape index (κ2) is 7.19. The highest BCUT2D eigenvalue weighted by molar-refractivity contribution is 7.67. The summed E-state index contributed by atoms with van der Waals surface area (Å²) in [5.74, 6) is -0.00517. The highest BCUT2D eigenvalue weighted by Gasteiger charge is 2.30. The molecule has 0 amide bonds. The van der Waals surface area contributed by atoms with Crippen LogP contribution in [0.3, 0.4) is 0 Å². The Morgan fingerprint density at radius 2 is 1.68 bits per heavy atom. The first kappa shape index (κ1) is 16.2. The van der Waals surface area contributed by atoms with Crippen LogP contribution in [0, 0.1) is 0 Å². The van der Waals surface area contributed by atoms with Crippen LogP contribution in [0.15, 0.2) is 61.2 Å². The van der Waals surface area contributed by atoms with Gasteiger partial charge in [0.05, 0.1) is 5.30 Å². The van der Waals surface area contributed by atoms with E-state index in [1.54, 1.807) is 42.5 Å². The minimum absolute atomic E-state index is 0.0696. The van der Waals surface area contributed by atoms with Crippen LogP contribution in [0.2, 0.25) is 0 Å². The van der Waals surface area contributed by atoms with E-state index >= 15 is 0 Å². The standard InChI is InChI=1S/C17H19O4P/c1-2-3-8-13-22(20,17-12-7-5-10-15(17)19)21-16-11-6-4-9-14(16)18/h2,4-7,9-12,18-19H,1,3,8,13H2. The number of para-hydroxylation sites is 3. The van der Waals surface area contributed by atoms with Crippen molar-refractivity contribution in [1.82, 2.24) is 0 Å². The van der Waals surface area contributed by atoms with Crippen LogP contribution < -0.4 is 9.83 Å². The summed E-state index contributed by atoms with van der Waals surface area (Å²) in [6.07, 6.45) is 3.31. The summed E-state index contributed by atoms with van der Waals surface area (Å²) in [5.41, 5.74) is 0. The zero-order valence-corrected chi connectivity index (χ0v) is 13.1. The predicted octanol–water partition coefficient (Wildman–Crippen LogP) is 4.05. The summed E-state index contributed by atoms with van der Waals surface area (Å²) in [4.78, 5) is 0. The van der Waals surface area contributed by atoms with E-state index in [0.29, 0.717) is 12.8 Å². The average Bonchev–Trinajstić information content (AvgIpc) is 2.50. The Kier molecular flexibility index (Phi) is 5.29. The van der Waals surface area contributed by atoms with Gasteiger partial charge in [0.2, 0.25) is 0 Å². The highest BCUT2D eigenvalue weighted by atomic mass is 31.2. The molecule has 2 aromatic rings. The zero-order chi connectivity index (χ0) is 16.0. The van der Waals surface area contributed by atoms with Gasteiger partial charge in [-0.1, -0.05) is 30.3 Å². The van der Waals surface area contributed by atoms with Crippen molar-refractivity contribution >= 4 is 12.7 Å². The Morgan fingerprint density at radius 3 is 2.32 bits per heavy atom. The van der Waals surface area contributed by atoms with Crippen LogP contribution >= 0.6 is 7.37 Å². The minimum Gasteiger partial charge on any atom is -0.507 e. The molecule has 5 heteroatoms. The van der Waals surface area contributed by atoms with E-state index in [0.717, 1.165) is 0 Å². The molecule has 0 saturated heterocycles. The third-order valence-electron chi connectivity index (χ3n) is 3.22. The molecule has 0 aromatic heterocycles. The maximum Gasteiger partial charge on any atom is 0.281 e. The summed E-state index contributed by atoms with van der Waals surface area (Å²) in [5, 5.41) is 20.1. The second-order valence-electron chi connectivity index (χ2n) is 4.88. The molecule has 4 nitrogen and oxygen atoms in total. The molecule has 0 bridgehead atoms. The van der Waals surface area contributed by atoms with Crippen LogP contribution in [0.25, 0.3) is 0 Å². The Bertz CT molecular complexity index is 697. The van der Waals surface area contributed by atoms with Gasteiger partial charge in [0.1, 0.15) is 5.75 Å². The smallest absolute Gasteiger partial charge is 0.281 e. The lowest BCUT2D eigenvalue weighted by Crippen LogP contribution is -2.13. The number of phenols is 2. The third-order valence-corrected chi connectivity index (χ3v) is 5.73. The molecule has 0 saturated carbocycles. The van der Waals surface area contributed by atoms with Crippen molar-refractivity contribution in [2.75, 3.05) is 6.16 Å². The Hall–Kier alpha value is -2.19. The number of hydrogen-bond donors (Lipinski definition) is 2. The van der Waals surface area contributed by atoms with Gasteiger partial charge in [0, 0.05) is 6.16 Å². The lowest BCUT2D eigenvalue weighted by Gasteiger charge is -2.21. The number of unbranched alkanes of at least 4 members (excludes halogenated alkanes) is 1. The number of phenolic OH excluding ortho intramolecular Hbond substituents is 2. The molecule has 1 unspecified atom stereocenters. The highest BCUT2D eigenvalue weighted by Crippen LogP contribution is 2.50. The summed E-state index contributed by atoms with van der Waals surface area (Å²) < 4.78 is 19.0. The molecule has 2 aromatic carbocycles. The monoisotopic (exact) mass is 318 g/mol. The fraction of sp³-hybridized carbons (Fsp3) is 0.176. The van der Waals surface area contributed by atoms with E-state index in [9.17, 15) is 14.8 Å². The summed E-state index contributed by atoms with van der Waals surface area (Å²) >= 11 is 0. The largest absolute Gasteiger partial charge is 0.507 e. The molecular weight excluding hydrogens is 299 g/mol. The van der Waals surface area contributed by atoms with Gasteiger partial charge in [0.25, 0.3) is 7.37 Å². The quantitative estimate of drug-likeness (QED) is 0.459. The van der Waals surface area contributed by atoms with Crippen LogP contribution in [-0.2, 0) is 4.57 Å². The number of benzene rings is 2. The van der Waals surface area contributed by atoms with Crippen molar-refractivity contribution in [1.29, 1.82) is 0 Å². The van der Waals surface area contributed by atoms with Crippen molar-refractivity contribution in [3.63, 3.8) is 0 Å². The topological polar surface area (TPSA) is 66.8 Å². The predicted molar refractivity (Wildman–Crippen MR) is 88.4 cm³/mol. The maximum absolute atomic E-state index is 13.3. The maximum atomic E-state index is 13.3. The average molecular weight is 318 g/mol. The van der Waals surface area contributed by atoms with E-state index in [2.05, 4.69) is 6.58 Å². The van der Waals surface area contributed by atoms with Crippen LogP contribution in [-0.4, -0.2) is 16.4 Å². The molecule has 0 radical (unpaired) electrons. The second-order valence-corrected chi connectivity index (χ2v) is 7.33. The molecular formula is C17H19O4P. The molecule has 1 atom stereocenters. The molecule has 0 spiro atoms. The fourth-order valence-electron chi connectivity index (χ4n) is 2.10. The summed E-state index contributed by atoms with van der Waals surface area (Å²) in [6, 6.07) is 12.8. The van der Waals surface area contributed by atoms with Gasteiger partial charge in [-0.3, -0.25) is 4.57 Å². The van der Waals surface area contributed by atoms with Crippen molar-refractivity contribution < 1.29 is 19.3 Å². The third kappa shape index (κ3) is 3.71. The fourth-order valence-corrected chi connectivity index (χ4v) is 4.34. The van der Waals surface area contributed by atoms with Gasteiger partial charge in [-0.15, -0.1) is 6.58 Å². The van der Waals surface area contributed by atoms with Gasteiger partial charge in [-0.25, -0.2) is 0 Å². The first-order valence-corrected chi connectivity index (χ1v) is 8.84. The van der Waals surface area contributed by atoms with Gasteiger partial charge >= 0.3 is 0 Å². The number of rotatable bonds is 7. The van der Waals surface area contributed by atoms with Crippen LogP contribution in [0.5, 0.6) is 17.2 Å². The van der Waals surface area contributed by atoms with Crippen molar-refractivity contribution in [3.05, 3.63) is 61.2 Å². The normalized spacial score (nSPS) is 13.3. The van der Waals surface area contributed by atoms with Crippen molar-refractivity contribution in [3.8, 4) is 17.2 Å². The Labute approximate surface area is 130 Å². The minimum atomic E-state index is -3.35. The Balaban J connectivity index is 2.38. The molecule has 0 aliphatic carbocycles. The molecule has 0 heterocycles. The first-order valence-electron chi connectivity index (χ1n) is 7.03. The Morgan fingerprint density at radius 1 is 1.05 bits per heavy atom. The number of aromatic hydroxyl groups is 2. The molecule has 0 fully saturated rings.